The van der Waals surface area contributed by atoms with Crippen molar-refractivity contribution in [3.05, 3.63) is 59.1 Å². The second-order valence-corrected chi connectivity index (χ2v) is 10.2. The van der Waals surface area contributed by atoms with Gasteiger partial charge in [0.1, 0.15) is 11.8 Å². The van der Waals surface area contributed by atoms with Gasteiger partial charge in [-0.3, -0.25) is 13.9 Å². The molecule has 1 N–H and O–H groups in total. The Bertz CT molecular complexity index is 1080. The molecule has 0 saturated carbocycles. The van der Waals surface area contributed by atoms with Gasteiger partial charge in [-0.1, -0.05) is 23.7 Å². The normalized spacial score (nSPS) is 12.0. The molecule has 2 rings (SSSR count). The number of halogens is 1. The van der Waals surface area contributed by atoms with E-state index >= 15 is 0 Å². The number of benzene rings is 2. The summed E-state index contributed by atoms with van der Waals surface area (Å²) in [5, 5.41) is 3.11. The van der Waals surface area contributed by atoms with E-state index in [0.29, 0.717) is 23.1 Å². The summed E-state index contributed by atoms with van der Waals surface area (Å²) in [5.41, 5.74) is 1.29. The van der Waals surface area contributed by atoms with Gasteiger partial charge in [0, 0.05) is 31.6 Å². The number of nitrogens with zero attached hydrogens (tertiary/aromatic N) is 2. The number of hydrogen-bond donors (Lipinski definition) is 1. The van der Waals surface area contributed by atoms with E-state index in [2.05, 4.69) is 5.32 Å². The van der Waals surface area contributed by atoms with Gasteiger partial charge in [0.05, 0.1) is 18.6 Å². The van der Waals surface area contributed by atoms with Crippen LogP contribution >= 0.6 is 11.6 Å². The molecule has 0 aliphatic heterocycles. The topological polar surface area (TPSA) is 96.0 Å². The first-order valence-corrected chi connectivity index (χ1v) is 13.3. The summed E-state index contributed by atoms with van der Waals surface area (Å²) < 4.78 is 31.5. The number of rotatable bonds is 12. The van der Waals surface area contributed by atoms with E-state index in [1.54, 1.807) is 49.4 Å². The van der Waals surface area contributed by atoms with Gasteiger partial charge in [0.15, 0.2) is 0 Å². The number of sulfonamides is 1. The lowest BCUT2D eigenvalue weighted by Crippen LogP contribution is -2.46. The van der Waals surface area contributed by atoms with Crippen LogP contribution in [0.5, 0.6) is 5.75 Å². The largest absolute Gasteiger partial charge is 0.494 e. The smallest absolute Gasteiger partial charge is 0.242 e. The van der Waals surface area contributed by atoms with Gasteiger partial charge in [0.25, 0.3) is 0 Å². The minimum Gasteiger partial charge on any atom is -0.494 e. The molecule has 0 fully saturated rings. The van der Waals surface area contributed by atoms with Crippen molar-refractivity contribution in [1.29, 1.82) is 0 Å². The molecule has 0 unspecified atom stereocenters. The lowest BCUT2D eigenvalue weighted by Gasteiger charge is -2.29. The number of anilines is 1. The van der Waals surface area contributed by atoms with E-state index in [1.807, 2.05) is 13.0 Å². The van der Waals surface area contributed by atoms with Crippen LogP contribution < -0.4 is 14.4 Å². The first-order valence-electron chi connectivity index (χ1n) is 11.0. The molecule has 0 bridgehead atoms. The van der Waals surface area contributed by atoms with Gasteiger partial charge in [-0.25, -0.2) is 8.42 Å². The first-order chi connectivity index (χ1) is 16.1. The number of carbonyl (C=O) groups excluding carboxylic acids is 2. The van der Waals surface area contributed by atoms with E-state index < -0.39 is 16.1 Å². The molecule has 10 heteroatoms. The second kappa shape index (κ2) is 12.6. The van der Waals surface area contributed by atoms with Crippen molar-refractivity contribution in [2.24, 2.45) is 0 Å². The summed E-state index contributed by atoms with van der Waals surface area (Å²) in [7, 11) is -2.04. The maximum atomic E-state index is 13.1. The molecular formula is C24H32ClN3O5S. The summed E-state index contributed by atoms with van der Waals surface area (Å²) in [4.78, 5) is 26.8. The van der Waals surface area contributed by atoms with E-state index in [1.165, 1.54) is 16.3 Å². The van der Waals surface area contributed by atoms with Crippen molar-refractivity contribution < 1.29 is 22.7 Å². The fourth-order valence-corrected chi connectivity index (χ4v) is 4.68. The van der Waals surface area contributed by atoms with Gasteiger partial charge >= 0.3 is 0 Å². The number of likely N-dealkylation sites (N-methyl/N-ethyl adjacent to an activating group) is 1. The monoisotopic (exact) mass is 509 g/mol. The highest BCUT2D eigenvalue weighted by Gasteiger charge is 2.26. The van der Waals surface area contributed by atoms with Crippen molar-refractivity contribution >= 4 is 39.1 Å². The van der Waals surface area contributed by atoms with Crippen LogP contribution in [0.1, 0.15) is 32.3 Å². The van der Waals surface area contributed by atoms with Crippen molar-refractivity contribution in [3.8, 4) is 5.75 Å². The SMILES string of the molecule is CCOc1ccc(N(CCCC(=O)N(Cc2cccc(Cl)c2)[C@@H](C)C(=O)NC)S(C)(=O)=O)cc1. The maximum absolute atomic E-state index is 13.1. The molecule has 0 aliphatic carbocycles. The summed E-state index contributed by atoms with van der Waals surface area (Å²) in [5.74, 6) is 0.105. The zero-order chi connectivity index (χ0) is 25.3. The average molecular weight is 510 g/mol. The summed E-state index contributed by atoms with van der Waals surface area (Å²) in [6.45, 7) is 4.37. The van der Waals surface area contributed by atoms with Crippen LogP contribution in [0.2, 0.25) is 5.02 Å². The molecule has 2 amide bonds. The summed E-state index contributed by atoms with van der Waals surface area (Å²) >= 11 is 6.07. The highest BCUT2D eigenvalue weighted by molar-refractivity contribution is 7.92. The molecule has 0 saturated heterocycles. The van der Waals surface area contributed by atoms with Gasteiger partial charge in [-0.05, 0) is 62.2 Å². The van der Waals surface area contributed by atoms with Crippen LogP contribution in [0.25, 0.3) is 0 Å². The number of ether oxygens (including phenoxy) is 1. The van der Waals surface area contributed by atoms with Gasteiger partial charge in [-0.2, -0.15) is 0 Å². The fraction of sp³-hybridized carbons (Fsp3) is 0.417. The molecule has 0 aliphatic rings. The van der Waals surface area contributed by atoms with Crippen molar-refractivity contribution in [2.75, 3.05) is 30.8 Å². The Morgan fingerprint density at radius 1 is 1.15 bits per heavy atom. The highest BCUT2D eigenvalue weighted by atomic mass is 35.5. The molecule has 2 aromatic carbocycles. The van der Waals surface area contributed by atoms with E-state index in [-0.39, 0.29) is 37.7 Å². The molecule has 1 atom stereocenters. The van der Waals surface area contributed by atoms with Crippen LogP contribution in [-0.2, 0) is 26.2 Å². The predicted molar refractivity (Wildman–Crippen MR) is 135 cm³/mol. The molecule has 0 aromatic heterocycles. The molecular weight excluding hydrogens is 478 g/mol. The molecule has 34 heavy (non-hydrogen) atoms. The number of hydrogen-bond acceptors (Lipinski definition) is 5. The third kappa shape index (κ3) is 7.92. The number of carbonyl (C=O) groups is 2. The third-order valence-corrected chi connectivity index (χ3v) is 6.67. The van der Waals surface area contributed by atoms with Crippen LogP contribution in [0.3, 0.4) is 0 Å². The average Bonchev–Trinajstić information content (AvgIpc) is 2.79. The quantitative estimate of drug-likeness (QED) is 0.472. The van der Waals surface area contributed by atoms with Crippen molar-refractivity contribution in [2.45, 2.75) is 39.3 Å². The lowest BCUT2D eigenvalue weighted by molar-refractivity contribution is -0.140. The minimum atomic E-state index is -3.56. The summed E-state index contributed by atoms with van der Waals surface area (Å²) in [6.07, 6.45) is 1.49. The predicted octanol–water partition coefficient (Wildman–Crippen LogP) is 3.45. The van der Waals surface area contributed by atoms with Crippen LogP contribution in [-0.4, -0.2) is 57.6 Å². The number of amides is 2. The lowest BCUT2D eigenvalue weighted by atomic mass is 10.1. The third-order valence-electron chi connectivity index (χ3n) is 5.24. The molecule has 186 valence electrons. The van der Waals surface area contributed by atoms with Gasteiger partial charge < -0.3 is 15.0 Å². The van der Waals surface area contributed by atoms with E-state index in [4.69, 9.17) is 16.3 Å². The Labute approximate surface area is 206 Å². The molecule has 0 radical (unpaired) electrons. The van der Waals surface area contributed by atoms with E-state index in [9.17, 15) is 18.0 Å². The highest BCUT2D eigenvalue weighted by Crippen LogP contribution is 2.23. The zero-order valence-electron chi connectivity index (χ0n) is 20.0. The first kappa shape index (κ1) is 27.5. The molecule has 2 aromatic rings. The Hall–Kier alpha value is -2.78. The van der Waals surface area contributed by atoms with Gasteiger partial charge in [0.2, 0.25) is 21.8 Å². The Balaban J connectivity index is 2.13. The number of nitrogens with one attached hydrogen (secondary N) is 1. The Kier molecular flexibility index (Phi) is 10.2. The van der Waals surface area contributed by atoms with E-state index in [0.717, 1.165) is 11.8 Å². The van der Waals surface area contributed by atoms with Crippen molar-refractivity contribution in [1.82, 2.24) is 10.2 Å². The maximum Gasteiger partial charge on any atom is 0.242 e. The van der Waals surface area contributed by atoms with Crippen LogP contribution in [0, 0.1) is 0 Å². The van der Waals surface area contributed by atoms with Crippen LogP contribution in [0.4, 0.5) is 5.69 Å². The molecule has 0 spiro atoms. The molecule has 0 heterocycles. The van der Waals surface area contributed by atoms with Crippen molar-refractivity contribution in [3.63, 3.8) is 0 Å². The Morgan fingerprint density at radius 2 is 1.82 bits per heavy atom. The summed E-state index contributed by atoms with van der Waals surface area (Å²) in [6, 6.07) is 13.2. The standard InChI is InChI=1S/C24H32ClN3O5S/c1-5-33-22-13-11-21(12-14-22)28(34(4,31)32)15-7-10-23(29)27(18(2)24(30)26-3)17-19-8-6-9-20(25)16-19/h6,8-9,11-14,16,18H,5,7,10,15,17H2,1-4H3,(H,26,30)/t18-/m0/s1. The van der Waals surface area contributed by atoms with Crippen LogP contribution in [0.15, 0.2) is 48.5 Å². The fourth-order valence-electron chi connectivity index (χ4n) is 3.50. The van der Waals surface area contributed by atoms with Gasteiger partial charge in [-0.15, -0.1) is 0 Å². The zero-order valence-corrected chi connectivity index (χ0v) is 21.5. The Morgan fingerprint density at radius 3 is 2.38 bits per heavy atom. The molecule has 8 nitrogen and oxygen atoms in total. The minimum absolute atomic E-state index is 0.0744. The second-order valence-electron chi connectivity index (χ2n) is 7.81.